The molecule has 0 saturated heterocycles. The second-order valence-corrected chi connectivity index (χ2v) is 3.35. The molecule has 0 aromatic carbocycles. The fourth-order valence-corrected chi connectivity index (χ4v) is 1.38. The molecule has 0 atom stereocenters. The number of rotatable bonds is 3. The highest BCUT2D eigenvalue weighted by Crippen LogP contribution is 2.17. The van der Waals surface area contributed by atoms with E-state index >= 15 is 0 Å². The minimum Gasteiger partial charge on any atom is -0.300 e. The molecule has 0 spiro atoms. The minimum absolute atomic E-state index is 0. The topological polar surface area (TPSA) is 17.1 Å². The summed E-state index contributed by atoms with van der Waals surface area (Å²) in [5, 5.41) is 0. The Morgan fingerprint density at radius 2 is 1.82 bits per heavy atom. The van der Waals surface area contributed by atoms with Gasteiger partial charge in [-0.25, -0.2) is 0 Å². The molecule has 0 unspecified atom stereocenters. The number of hydrogen-bond acceptors (Lipinski definition) is 1. The first-order chi connectivity index (χ1) is 7.79. The van der Waals surface area contributed by atoms with Crippen molar-refractivity contribution in [2.24, 2.45) is 0 Å². The van der Waals surface area contributed by atoms with Crippen molar-refractivity contribution >= 4 is 5.78 Å². The maximum absolute atomic E-state index is 10.7. The lowest BCUT2D eigenvalue weighted by Crippen LogP contribution is -1.91. The number of hydrogen-bond donors (Lipinski definition) is 0. The molecule has 0 fully saturated rings. The molecule has 0 bridgehead atoms. The molecule has 17 heavy (non-hydrogen) atoms. The monoisotopic (exact) mass is 240 g/mol. The average molecular weight is 240 g/mol. The molecule has 0 aliphatic heterocycles. The molecule has 0 saturated carbocycles. The number of carbonyl (C=O) groups excluding carboxylic acids is 1. The Labute approximate surface area is 109 Å². The van der Waals surface area contributed by atoms with E-state index in [0.717, 1.165) is 6.42 Å². The molecule has 0 N–H and O–H groups in total. The zero-order chi connectivity index (χ0) is 12.8. The third-order valence-electron chi connectivity index (χ3n) is 2.13. The average Bonchev–Trinajstić information content (AvgIpc) is 2.60. The lowest BCUT2D eigenvalue weighted by Gasteiger charge is -2.02. The van der Waals surface area contributed by atoms with Gasteiger partial charge in [-0.3, -0.25) is 0 Å². The van der Waals surface area contributed by atoms with Crippen LogP contribution in [-0.2, 0) is 4.79 Å². The standard InChI is InChI=1S/C11H16O.2C2H6.CH4/c1-10(12)8-9-11-6-4-2-3-5-7-11;2*1-2;/h2,4,6H,3,5,7-9H2,1H3;2*1-2H3;1H4. The van der Waals surface area contributed by atoms with Gasteiger partial charge in [0.1, 0.15) is 5.78 Å². The minimum atomic E-state index is 0. The maximum Gasteiger partial charge on any atom is 0.130 e. The summed E-state index contributed by atoms with van der Waals surface area (Å²) in [5.74, 6) is 0.295. The molecule has 0 amide bonds. The lowest BCUT2D eigenvalue weighted by atomic mass is 10.0. The van der Waals surface area contributed by atoms with Crippen molar-refractivity contribution in [2.45, 2.75) is 74.1 Å². The highest BCUT2D eigenvalue weighted by Gasteiger charge is 2.00. The van der Waals surface area contributed by atoms with Crippen molar-refractivity contribution in [1.82, 2.24) is 0 Å². The van der Waals surface area contributed by atoms with Gasteiger partial charge in [-0.05, 0) is 32.6 Å². The molecule has 1 heteroatoms. The molecule has 1 nitrogen and oxygen atoms in total. The SMILES string of the molecule is C.CC.CC.CC(=O)CCC1=CC=CCCC1. The number of allylic oxidation sites excluding steroid dienone is 4. The third-order valence-corrected chi connectivity index (χ3v) is 2.13. The molecular formula is C16H32O. The van der Waals surface area contributed by atoms with Crippen LogP contribution in [0.25, 0.3) is 0 Å². The number of ketones is 1. The quantitative estimate of drug-likeness (QED) is 0.617. The first kappa shape index (κ1) is 21.4. The van der Waals surface area contributed by atoms with Crippen LogP contribution in [0, 0.1) is 0 Å². The first-order valence-electron chi connectivity index (χ1n) is 6.63. The highest BCUT2D eigenvalue weighted by atomic mass is 16.1. The predicted octanol–water partition coefficient (Wildman–Crippen LogP) is 5.71. The molecule has 1 aliphatic rings. The van der Waals surface area contributed by atoms with Crippen molar-refractivity contribution in [3.63, 3.8) is 0 Å². The van der Waals surface area contributed by atoms with Gasteiger partial charge in [0.15, 0.2) is 0 Å². The summed E-state index contributed by atoms with van der Waals surface area (Å²) in [6, 6.07) is 0. The van der Waals surface area contributed by atoms with Gasteiger partial charge in [0.25, 0.3) is 0 Å². The largest absolute Gasteiger partial charge is 0.300 e. The summed E-state index contributed by atoms with van der Waals surface area (Å²) in [7, 11) is 0. The van der Waals surface area contributed by atoms with E-state index in [9.17, 15) is 4.79 Å². The van der Waals surface area contributed by atoms with Crippen molar-refractivity contribution in [1.29, 1.82) is 0 Å². The Balaban J connectivity index is -0.000000355. The van der Waals surface area contributed by atoms with E-state index in [-0.39, 0.29) is 7.43 Å². The summed E-state index contributed by atoms with van der Waals surface area (Å²) >= 11 is 0. The van der Waals surface area contributed by atoms with Crippen LogP contribution in [0.4, 0.5) is 0 Å². The van der Waals surface area contributed by atoms with Crippen LogP contribution in [0.1, 0.15) is 74.1 Å². The van der Waals surface area contributed by atoms with E-state index in [0.29, 0.717) is 12.2 Å². The lowest BCUT2D eigenvalue weighted by molar-refractivity contribution is -0.116. The van der Waals surface area contributed by atoms with Crippen LogP contribution in [0.15, 0.2) is 23.8 Å². The zero-order valence-electron chi connectivity index (χ0n) is 11.7. The van der Waals surface area contributed by atoms with Crippen LogP contribution in [0.2, 0.25) is 0 Å². The predicted molar refractivity (Wildman–Crippen MR) is 80.4 cm³/mol. The van der Waals surface area contributed by atoms with Gasteiger partial charge in [-0.15, -0.1) is 0 Å². The Bertz CT molecular complexity index is 212. The molecule has 0 radical (unpaired) electrons. The van der Waals surface area contributed by atoms with Crippen molar-refractivity contribution in [3.8, 4) is 0 Å². The normalized spacial score (nSPS) is 12.6. The van der Waals surface area contributed by atoms with E-state index < -0.39 is 0 Å². The van der Waals surface area contributed by atoms with Gasteiger partial charge >= 0.3 is 0 Å². The summed E-state index contributed by atoms with van der Waals surface area (Å²) in [6.07, 6.45) is 11.7. The molecule has 1 rings (SSSR count). The molecule has 0 aromatic rings. The molecule has 0 aromatic heterocycles. The van der Waals surface area contributed by atoms with Crippen molar-refractivity contribution < 1.29 is 4.79 Å². The summed E-state index contributed by atoms with van der Waals surface area (Å²) in [5.41, 5.74) is 1.43. The Kier molecular flexibility index (Phi) is 22.1. The fraction of sp³-hybridized carbons (Fsp3) is 0.688. The summed E-state index contributed by atoms with van der Waals surface area (Å²) in [4.78, 5) is 10.7. The molecule has 102 valence electrons. The van der Waals surface area contributed by atoms with Gasteiger partial charge in [-0.2, -0.15) is 0 Å². The smallest absolute Gasteiger partial charge is 0.130 e. The van der Waals surface area contributed by atoms with Crippen molar-refractivity contribution in [3.05, 3.63) is 23.8 Å². The molecular weight excluding hydrogens is 208 g/mol. The fourth-order valence-electron chi connectivity index (χ4n) is 1.38. The second-order valence-electron chi connectivity index (χ2n) is 3.35. The van der Waals surface area contributed by atoms with Gasteiger partial charge in [0.05, 0.1) is 0 Å². The van der Waals surface area contributed by atoms with E-state index in [4.69, 9.17) is 0 Å². The van der Waals surface area contributed by atoms with E-state index in [1.54, 1.807) is 6.92 Å². The van der Waals surface area contributed by atoms with Gasteiger partial charge in [-0.1, -0.05) is 58.9 Å². The van der Waals surface area contributed by atoms with E-state index in [1.807, 2.05) is 27.7 Å². The Morgan fingerprint density at radius 3 is 2.35 bits per heavy atom. The number of carbonyl (C=O) groups is 1. The third kappa shape index (κ3) is 15.1. The van der Waals surface area contributed by atoms with Gasteiger partial charge in [0, 0.05) is 6.42 Å². The molecule has 0 heterocycles. The summed E-state index contributed by atoms with van der Waals surface area (Å²) in [6.45, 7) is 9.66. The maximum atomic E-state index is 10.7. The summed E-state index contributed by atoms with van der Waals surface area (Å²) < 4.78 is 0. The Hall–Kier alpha value is -0.850. The van der Waals surface area contributed by atoms with Crippen molar-refractivity contribution in [2.75, 3.05) is 0 Å². The first-order valence-corrected chi connectivity index (χ1v) is 6.63. The van der Waals surface area contributed by atoms with Crippen LogP contribution in [0.3, 0.4) is 0 Å². The van der Waals surface area contributed by atoms with E-state index in [1.165, 1.54) is 24.8 Å². The molecule has 1 aliphatic carbocycles. The second kappa shape index (κ2) is 17.5. The van der Waals surface area contributed by atoms with Crippen LogP contribution in [0.5, 0.6) is 0 Å². The number of Topliss-reactive ketones (excluding diaryl/α,β-unsaturated/α-hetero) is 1. The van der Waals surface area contributed by atoms with E-state index in [2.05, 4.69) is 18.2 Å². The highest BCUT2D eigenvalue weighted by molar-refractivity contribution is 5.75. The van der Waals surface area contributed by atoms with Crippen LogP contribution < -0.4 is 0 Å². The van der Waals surface area contributed by atoms with Crippen LogP contribution in [-0.4, -0.2) is 5.78 Å². The van der Waals surface area contributed by atoms with Gasteiger partial charge in [0.2, 0.25) is 0 Å². The van der Waals surface area contributed by atoms with Crippen LogP contribution >= 0.6 is 0 Å². The van der Waals surface area contributed by atoms with Gasteiger partial charge < -0.3 is 4.79 Å². The zero-order valence-corrected chi connectivity index (χ0v) is 11.7. The Morgan fingerprint density at radius 1 is 1.24 bits per heavy atom.